The van der Waals surface area contributed by atoms with Crippen molar-refractivity contribution in [2.24, 2.45) is 13.0 Å². The summed E-state index contributed by atoms with van der Waals surface area (Å²) in [6.45, 7) is 2.83. The Bertz CT molecular complexity index is 1670. The molecule has 0 radical (unpaired) electrons. The topological polar surface area (TPSA) is 89.7 Å². The summed E-state index contributed by atoms with van der Waals surface area (Å²) in [5.74, 6) is -1.16. The number of fused-ring (bicyclic) bond motifs is 3. The first kappa shape index (κ1) is 28.5. The van der Waals surface area contributed by atoms with Crippen molar-refractivity contribution in [1.29, 1.82) is 0 Å². The quantitative estimate of drug-likeness (QED) is 0.311. The fourth-order valence-corrected chi connectivity index (χ4v) is 7.17. The predicted molar refractivity (Wildman–Crippen MR) is 162 cm³/mol. The Balaban J connectivity index is 1.54. The zero-order chi connectivity index (χ0) is 30.5. The van der Waals surface area contributed by atoms with E-state index < -0.39 is 11.5 Å². The molecule has 1 fully saturated rings. The smallest absolute Gasteiger partial charge is 0.332 e. The van der Waals surface area contributed by atoms with E-state index in [1.165, 1.54) is 7.11 Å². The number of carbonyl (C=O) groups excluding carboxylic acids is 3. The molecule has 2 aromatic heterocycles. The molecule has 6 rings (SSSR count). The number of aryl methyl sites for hydroxylation is 2. The van der Waals surface area contributed by atoms with Gasteiger partial charge in [0, 0.05) is 57.0 Å². The fourth-order valence-electron chi connectivity index (χ4n) is 7.17. The maximum Gasteiger partial charge on any atom is 0.332 e. The van der Waals surface area contributed by atoms with Gasteiger partial charge in [-0.15, -0.1) is 0 Å². The lowest BCUT2D eigenvalue weighted by Gasteiger charge is -2.40. The number of methoxy groups -OCH3 is 1. The van der Waals surface area contributed by atoms with E-state index in [2.05, 4.69) is 9.67 Å². The van der Waals surface area contributed by atoms with Crippen molar-refractivity contribution < 1.29 is 19.1 Å². The Morgan fingerprint density at radius 1 is 1.02 bits per heavy atom. The number of likely N-dealkylation sites (tertiary alicyclic amines) is 1. The summed E-state index contributed by atoms with van der Waals surface area (Å²) < 4.78 is 9.45. The molecule has 0 unspecified atom stereocenters. The SMILES string of the molecule is COC(=O)[C@@]1(Cc2ccccc2)[C@H]2c3cc(C(=O)N(C)C)n(Cc4cc(C)n(C)n4)c3C[C@H]2CN1C(=O)c1ccccc1. The minimum atomic E-state index is -1.30. The maximum atomic E-state index is 14.2. The Hall–Kier alpha value is -4.66. The predicted octanol–water partition coefficient (Wildman–Crippen LogP) is 3.85. The van der Waals surface area contributed by atoms with Crippen LogP contribution in [0.15, 0.2) is 72.8 Å². The van der Waals surface area contributed by atoms with Crippen LogP contribution in [0.1, 0.15) is 55.0 Å². The number of hydrogen-bond donors (Lipinski definition) is 0. The largest absolute Gasteiger partial charge is 0.467 e. The first-order valence-corrected chi connectivity index (χ1v) is 14.6. The van der Waals surface area contributed by atoms with Crippen LogP contribution in [-0.4, -0.2) is 75.2 Å². The highest BCUT2D eigenvalue weighted by Crippen LogP contribution is 2.55. The van der Waals surface area contributed by atoms with E-state index in [1.807, 2.05) is 79.3 Å². The van der Waals surface area contributed by atoms with Crippen LogP contribution in [0.2, 0.25) is 0 Å². The average molecular weight is 580 g/mol. The van der Waals surface area contributed by atoms with Gasteiger partial charge in [-0.05, 0) is 54.7 Å². The van der Waals surface area contributed by atoms with Gasteiger partial charge in [-0.3, -0.25) is 14.3 Å². The molecule has 0 N–H and O–H groups in total. The molecule has 4 aromatic rings. The minimum Gasteiger partial charge on any atom is -0.467 e. The normalized spacial score (nSPS) is 20.5. The van der Waals surface area contributed by atoms with E-state index in [9.17, 15) is 14.4 Å². The van der Waals surface area contributed by atoms with Crippen molar-refractivity contribution in [1.82, 2.24) is 24.1 Å². The third kappa shape index (κ3) is 4.63. The summed E-state index contributed by atoms with van der Waals surface area (Å²) in [6.07, 6.45) is 0.917. The summed E-state index contributed by atoms with van der Waals surface area (Å²) >= 11 is 0. The lowest BCUT2D eigenvalue weighted by molar-refractivity contribution is -0.153. The molecule has 222 valence electrons. The number of ether oxygens (including phenoxy) is 1. The van der Waals surface area contributed by atoms with E-state index in [1.54, 1.807) is 36.0 Å². The van der Waals surface area contributed by atoms with Gasteiger partial charge in [0.25, 0.3) is 11.8 Å². The molecular weight excluding hydrogens is 542 g/mol. The molecule has 9 heteroatoms. The van der Waals surface area contributed by atoms with Crippen LogP contribution in [-0.2, 0) is 36.0 Å². The number of rotatable bonds is 7. The van der Waals surface area contributed by atoms with Crippen LogP contribution in [0.5, 0.6) is 0 Å². The van der Waals surface area contributed by atoms with Crippen molar-refractivity contribution in [3.05, 3.63) is 112 Å². The third-order valence-electron chi connectivity index (χ3n) is 9.15. The lowest BCUT2D eigenvalue weighted by Crippen LogP contribution is -2.58. The van der Waals surface area contributed by atoms with Gasteiger partial charge < -0.3 is 19.1 Å². The molecule has 2 amide bonds. The Morgan fingerprint density at radius 2 is 1.70 bits per heavy atom. The van der Waals surface area contributed by atoms with Crippen molar-refractivity contribution >= 4 is 17.8 Å². The number of esters is 1. The van der Waals surface area contributed by atoms with Crippen molar-refractivity contribution in [2.75, 3.05) is 27.7 Å². The molecular formula is C34H37N5O4. The monoisotopic (exact) mass is 579 g/mol. The number of benzene rings is 2. The third-order valence-corrected chi connectivity index (χ3v) is 9.15. The van der Waals surface area contributed by atoms with Crippen LogP contribution in [0.25, 0.3) is 0 Å². The molecule has 3 heterocycles. The Kier molecular flexibility index (Phi) is 7.20. The summed E-state index contributed by atoms with van der Waals surface area (Å²) in [6, 6.07) is 22.8. The van der Waals surface area contributed by atoms with Gasteiger partial charge >= 0.3 is 5.97 Å². The van der Waals surface area contributed by atoms with Crippen LogP contribution in [0, 0.1) is 12.8 Å². The lowest BCUT2D eigenvalue weighted by atomic mass is 9.75. The van der Waals surface area contributed by atoms with E-state index in [0.29, 0.717) is 37.2 Å². The van der Waals surface area contributed by atoms with Gasteiger partial charge in [0.05, 0.1) is 19.3 Å². The standard InChI is InChI=1S/C34H37N5O4/c1-22-16-26(35-37(22)4)21-38-28-17-25-20-39(31(40)24-14-10-7-11-15-24)34(33(42)43-5,19-23-12-8-6-9-13-23)30(25)27(28)18-29(38)32(41)36(2)3/h6-16,18,25,30H,17,19-21H2,1-5H3/t25-,30+,34+/m0/s1. The molecule has 2 aliphatic rings. The van der Waals surface area contributed by atoms with Crippen molar-refractivity contribution in [3.8, 4) is 0 Å². The molecule has 43 heavy (non-hydrogen) atoms. The second-order valence-electron chi connectivity index (χ2n) is 11.9. The summed E-state index contributed by atoms with van der Waals surface area (Å²) in [5, 5.41) is 4.67. The fraction of sp³-hybridized carbons (Fsp3) is 0.353. The molecule has 9 nitrogen and oxygen atoms in total. The molecule has 1 aliphatic heterocycles. The van der Waals surface area contributed by atoms with Crippen molar-refractivity contribution in [2.45, 2.75) is 37.8 Å². The first-order chi connectivity index (χ1) is 20.6. The van der Waals surface area contributed by atoms with E-state index in [4.69, 9.17) is 4.74 Å². The van der Waals surface area contributed by atoms with Crippen molar-refractivity contribution in [3.63, 3.8) is 0 Å². The highest BCUT2D eigenvalue weighted by Gasteiger charge is 2.64. The average Bonchev–Trinajstić information content (AvgIpc) is 3.72. The second-order valence-corrected chi connectivity index (χ2v) is 11.9. The molecule has 1 aliphatic carbocycles. The first-order valence-electron chi connectivity index (χ1n) is 14.6. The number of amides is 2. The van der Waals surface area contributed by atoms with Gasteiger partial charge in [0.15, 0.2) is 5.54 Å². The summed E-state index contributed by atoms with van der Waals surface area (Å²) in [5.41, 5.74) is 4.51. The van der Waals surface area contributed by atoms with Gasteiger partial charge in [-0.2, -0.15) is 5.10 Å². The van der Waals surface area contributed by atoms with E-state index >= 15 is 0 Å². The van der Waals surface area contributed by atoms with Gasteiger partial charge in [-0.25, -0.2) is 4.79 Å². The van der Waals surface area contributed by atoms with Crippen LogP contribution < -0.4 is 0 Å². The van der Waals surface area contributed by atoms with Crippen LogP contribution in [0.3, 0.4) is 0 Å². The van der Waals surface area contributed by atoms with Gasteiger partial charge in [0.2, 0.25) is 0 Å². The highest BCUT2D eigenvalue weighted by atomic mass is 16.5. The highest BCUT2D eigenvalue weighted by molar-refractivity contribution is 6.00. The zero-order valence-corrected chi connectivity index (χ0v) is 25.3. The van der Waals surface area contributed by atoms with E-state index in [-0.39, 0.29) is 23.7 Å². The molecule has 2 aromatic carbocycles. The molecule has 0 bridgehead atoms. The Labute approximate surface area is 251 Å². The molecule has 1 saturated heterocycles. The minimum absolute atomic E-state index is 0.0271. The number of carbonyl (C=O) groups is 3. The van der Waals surface area contributed by atoms with E-state index in [0.717, 1.165) is 28.2 Å². The molecule has 0 spiro atoms. The van der Waals surface area contributed by atoms with Gasteiger partial charge in [0.1, 0.15) is 5.69 Å². The summed E-state index contributed by atoms with van der Waals surface area (Å²) in [4.78, 5) is 45.3. The number of aromatic nitrogens is 3. The molecule has 0 saturated carbocycles. The second kappa shape index (κ2) is 10.9. The van der Waals surface area contributed by atoms with Crippen LogP contribution in [0.4, 0.5) is 0 Å². The zero-order valence-electron chi connectivity index (χ0n) is 25.3. The van der Waals surface area contributed by atoms with Crippen LogP contribution >= 0.6 is 0 Å². The Morgan fingerprint density at radius 3 is 2.30 bits per heavy atom. The van der Waals surface area contributed by atoms with Gasteiger partial charge in [-0.1, -0.05) is 48.5 Å². The number of hydrogen-bond acceptors (Lipinski definition) is 5. The summed E-state index contributed by atoms with van der Waals surface area (Å²) in [7, 11) is 6.77. The maximum absolute atomic E-state index is 14.2. The number of nitrogens with zero attached hydrogens (tertiary/aromatic N) is 5. The molecule has 3 atom stereocenters.